The van der Waals surface area contributed by atoms with E-state index in [0.717, 1.165) is 19.5 Å². The van der Waals surface area contributed by atoms with Gasteiger partial charge < -0.3 is 10.2 Å². The third kappa shape index (κ3) is 4.81. The Morgan fingerprint density at radius 2 is 1.84 bits per heavy atom. The Morgan fingerprint density at radius 3 is 2.47 bits per heavy atom. The lowest BCUT2D eigenvalue weighted by molar-refractivity contribution is 0.245. The summed E-state index contributed by atoms with van der Waals surface area (Å²) >= 11 is 0. The van der Waals surface area contributed by atoms with E-state index in [1.165, 1.54) is 30.8 Å². The molecule has 1 saturated heterocycles. The van der Waals surface area contributed by atoms with Crippen LogP contribution in [0.1, 0.15) is 37.3 Å². The summed E-state index contributed by atoms with van der Waals surface area (Å²) in [4.78, 5) is 2.53. The van der Waals surface area contributed by atoms with Crippen molar-refractivity contribution in [1.82, 2.24) is 10.2 Å². The van der Waals surface area contributed by atoms with E-state index in [-0.39, 0.29) is 0 Å². The molecule has 0 bridgehead atoms. The highest BCUT2D eigenvalue weighted by molar-refractivity contribution is 5.49. The first-order chi connectivity index (χ1) is 9.25. The van der Waals surface area contributed by atoms with Gasteiger partial charge in [-0.3, -0.25) is 0 Å². The Kier molecular flexibility index (Phi) is 5.62. The van der Waals surface area contributed by atoms with Gasteiger partial charge in [0.15, 0.2) is 0 Å². The molecule has 1 heterocycles. The van der Waals surface area contributed by atoms with Crippen molar-refractivity contribution in [2.75, 3.05) is 32.7 Å². The van der Waals surface area contributed by atoms with E-state index in [9.17, 15) is 0 Å². The van der Waals surface area contributed by atoms with Gasteiger partial charge in [-0.2, -0.15) is 0 Å². The number of piperazine rings is 1. The van der Waals surface area contributed by atoms with E-state index in [4.69, 9.17) is 0 Å². The first-order valence-corrected chi connectivity index (χ1v) is 7.45. The molecule has 1 aromatic carbocycles. The van der Waals surface area contributed by atoms with Crippen LogP contribution in [0.25, 0.3) is 6.08 Å². The van der Waals surface area contributed by atoms with Crippen molar-refractivity contribution < 1.29 is 0 Å². The molecule has 2 rings (SSSR count). The summed E-state index contributed by atoms with van der Waals surface area (Å²) in [6, 6.07) is 8.91. The number of benzene rings is 1. The summed E-state index contributed by atoms with van der Waals surface area (Å²) in [5.41, 5.74) is 2.72. The molecule has 2 nitrogen and oxygen atoms in total. The highest BCUT2D eigenvalue weighted by atomic mass is 15.2. The van der Waals surface area contributed by atoms with E-state index in [0.29, 0.717) is 5.92 Å². The van der Waals surface area contributed by atoms with Crippen molar-refractivity contribution in [2.45, 2.75) is 26.2 Å². The minimum Gasteiger partial charge on any atom is -0.314 e. The molecule has 0 saturated carbocycles. The van der Waals surface area contributed by atoms with Crippen LogP contribution in [-0.2, 0) is 0 Å². The van der Waals surface area contributed by atoms with Gasteiger partial charge in [-0.05, 0) is 23.5 Å². The quantitative estimate of drug-likeness (QED) is 0.873. The highest BCUT2D eigenvalue weighted by Crippen LogP contribution is 2.15. The summed E-state index contributed by atoms with van der Waals surface area (Å²) in [5.74, 6) is 0.616. The van der Waals surface area contributed by atoms with Gasteiger partial charge in [0, 0.05) is 32.7 Å². The van der Waals surface area contributed by atoms with Gasteiger partial charge in [-0.25, -0.2) is 0 Å². The van der Waals surface area contributed by atoms with Gasteiger partial charge in [-0.15, -0.1) is 0 Å². The van der Waals surface area contributed by atoms with E-state index in [1.807, 2.05) is 0 Å². The van der Waals surface area contributed by atoms with Crippen LogP contribution < -0.4 is 5.32 Å². The van der Waals surface area contributed by atoms with Crippen LogP contribution in [0.2, 0.25) is 0 Å². The zero-order valence-corrected chi connectivity index (χ0v) is 12.2. The topological polar surface area (TPSA) is 15.3 Å². The average Bonchev–Trinajstić information content (AvgIpc) is 2.45. The Labute approximate surface area is 117 Å². The smallest absolute Gasteiger partial charge is 0.0107 e. The maximum atomic E-state index is 3.39. The molecule has 1 aliphatic rings. The molecule has 1 N–H and O–H groups in total. The van der Waals surface area contributed by atoms with Crippen molar-refractivity contribution in [3.63, 3.8) is 0 Å². The number of rotatable bonds is 5. The van der Waals surface area contributed by atoms with Gasteiger partial charge in [-0.1, -0.05) is 50.3 Å². The van der Waals surface area contributed by atoms with Crippen LogP contribution in [0.3, 0.4) is 0 Å². The SMILES string of the molecule is CC(C)c1ccc(/C=C/CCN2CCNCC2)cc1. The zero-order chi connectivity index (χ0) is 13.5. The van der Waals surface area contributed by atoms with Gasteiger partial charge in [0.2, 0.25) is 0 Å². The molecule has 0 amide bonds. The van der Waals surface area contributed by atoms with E-state index >= 15 is 0 Å². The summed E-state index contributed by atoms with van der Waals surface area (Å²) in [7, 11) is 0. The lowest BCUT2D eigenvalue weighted by Crippen LogP contribution is -2.43. The summed E-state index contributed by atoms with van der Waals surface area (Å²) in [6.45, 7) is 10.3. The summed E-state index contributed by atoms with van der Waals surface area (Å²) < 4.78 is 0. The molecule has 0 radical (unpaired) electrons. The van der Waals surface area contributed by atoms with Crippen molar-refractivity contribution >= 4 is 6.08 Å². The monoisotopic (exact) mass is 258 g/mol. The average molecular weight is 258 g/mol. The highest BCUT2D eigenvalue weighted by Gasteiger charge is 2.07. The fourth-order valence-electron chi connectivity index (χ4n) is 2.40. The Bertz CT molecular complexity index is 386. The third-order valence-electron chi connectivity index (χ3n) is 3.74. The van der Waals surface area contributed by atoms with E-state index in [1.54, 1.807) is 0 Å². The van der Waals surface area contributed by atoms with Crippen molar-refractivity contribution in [3.8, 4) is 0 Å². The minimum absolute atomic E-state index is 0.616. The lowest BCUT2D eigenvalue weighted by atomic mass is 10.0. The van der Waals surface area contributed by atoms with E-state index < -0.39 is 0 Å². The molecule has 104 valence electrons. The fraction of sp³-hybridized carbons (Fsp3) is 0.529. The molecule has 2 heteroatoms. The van der Waals surface area contributed by atoms with Crippen LogP contribution >= 0.6 is 0 Å². The van der Waals surface area contributed by atoms with Gasteiger partial charge in [0.05, 0.1) is 0 Å². The van der Waals surface area contributed by atoms with Gasteiger partial charge in [0.25, 0.3) is 0 Å². The maximum Gasteiger partial charge on any atom is 0.0107 e. The molecule has 0 unspecified atom stereocenters. The van der Waals surface area contributed by atoms with Crippen LogP contribution in [0, 0.1) is 0 Å². The second kappa shape index (κ2) is 7.46. The molecule has 0 atom stereocenters. The van der Waals surface area contributed by atoms with Crippen LogP contribution in [0.4, 0.5) is 0 Å². The molecule has 0 aromatic heterocycles. The third-order valence-corrected chi connectivity index (χ3v) is 3.74. The number of hydrogen-bond donors (Lipinski definition) is 1. The fourth-order valence-corrected chi connectivity index (χ4v) is 2.40. The number of nitrogens with one attached hydrogen (secondary N) is 1. The lowest BCUT2D eigenvalue weighted by Gasteiger charge is -2.26. The standard InChI is InChI=1S/C17H26N2/c1-15(2)17-8-6-16(7-9-17)5-3-4-12-19-13-10-18-11-14-19/h3,5-9,15,18H,4,10-14H2,1-2H3/b5-3+. The van der Waals surface area contributed by atoms with Crippen molar-refractivity contribution in [3.05, 3.63) is 41.5 Å². The second-order valence-corrected chi connectivity index (χ2v) is 5.60. The number of hydrogen-bond acceptors (Lipinski definition) is 2. The molecule has 1 fully saturated rings. The normalized spacial score (nSPS) is 17.4. The maximum absolute atomic E-state index is 3.39. The molecule has 19 heavy (non-hydrogen) atoms. The number of nitrogens with zero attached hydrogens (tertiary/aromatic N) is 1. The van der Waals surface area contributed by atoms with Crippen LogP contribution in [-0.4, -0.2) is 37.6 Å². The van der Waals surface area contributed by atoms with E-state index in [2.05, 4.69) is 60.5 Å². The van der Waals surface area contributed by atoms with Crippen molar-refractivity contribution in [1.29, 1.82) is 0 Å². The first kappa shape index (κ1) is 14.3. The Hall–Kier alpha value is -1.12. The molecule has 0 aliphatic carbocycles. The minimum atomic E-state index is 0.616. The first-order valence-electron chi connectivity index (χ1n) is 7.45. The molecule has 0 spiro atoms. The summed E-state index contributed by atoms with van der Waals surface area (Å²) in [6.07, 6.45) is 5.69. The van der Waals surface area contributed by atoms with Crippen LogP contribution in [0.15, 0.2) is 30.3 Å². The molecular weight excluding hydrogens is 232 g/mol. The predicted molar refractivity (Wildman–Crippen MR) is 83.5 cm³/mol. The zero-order valence-electron chi connectivity index (χ0n) is 12.2. The summed E-state index contributed by atoms with van der Waals surface area (Å²) in [5, 5.41) is 3.39. The van der Waals surface area contributed by atoms with Gasteiger partial charge >= 0.3 is 0 Å². The Morgan fingerprint density at radius 1 is 1.16 bits per heavy atom. The largest absolute Gasteiger partial charge is 0.314 e. The molecular formula is C17H26N2. The van der Waals surface area contributed by atoms with Gasteiger partial charge in [0.1, 0.15) is 0 Å². The second-order valence-electron chi connectivity index (χ2n) is 5.60. The van der Waals surface area contributed by atoms with Crippen molar-refractivity contribution in [2.24, 2.45) is 0 Å². The Balaban J connectivity index is 1.75. The molecule has 1 aromatic rings. The molecule has 1 aliphatic heterocycles. The predicted octanol–water partition coefficient (Wildman–Crippen LogP) is 3.12. The van der Waals surface area contributed by atoms with Crippen LogP contribution in [0.5, 0.6) is 0 Å².